The van der Waals surface area contributed by atoms with E-state index in [1.54, 1.807) is 6.08 Å². The van der Waals surface area contributed by atoms with E-state index in [1.807, 2.05) is 0 Å². The Balaban J connectivity index is 1.66. The van der Waals surface area contributed by atoms with Crippen molar-refractivity contribution in [1.29, 1.82) is 0 Å². The van der Waals surface area contributed by atoms with Crippen LogP contribution in [-0.2, 0) is 16.8 Å². The Morgan fingerprint density at radius 1 is 1.05 bits per heavy atom. The number of benzene rings is 1. The second-order valence-electron chi connectivity index (χ2n) is 6.44. The van der Waals surface area contributed by atoms with Crippen molar-refractivity contribution in [3.05, 3.63) is 35.4 Å². The Morgan fingerprint density at radius 2 is 1.71 bits per heavy atom. The van der Waals surface area contributed by atoms with Crippen LogP contribution < -0.4 is 0 Å². The lowest BCUT2D eigenvalue weighted by Crippen LogP contribution is -2.22. The summed E-state index contributed by atoms with van der Waals surface area (Å²) in [6.07, 6.45) is 9.89. The van der Waals surface area contributed by atoms with Gasteiger partial charge < -0.3 is 4.90 Å². The highest BCUT2D eigenvalue weighted by molar-refractivity contribution is 5.39. The number of hydrogen-bond acceptors (Lipinski definition) is 3. The van der Waals surface area contributed by atoms with E-state index in [0.717, 1.165) is 38.6 Å². The summed E-state index contributed by atoms with van der Waals surface area (Å²) in [6.45, 7) is 3.68. The zero-order chi connectivity index (χ0) is 14.5. The lowest BCUT2D eigenvalue weighted by atomic mass is 9.88. The van der Waals surface area contributed by atoms with Crippen molar-refractivity contribution in [1.82, 2.24) is 4.90 Å². The standard InChI is InChI=1S/C18H24N2O/c21-15-19-18(10-1-2-11-18)17-7-5-16(6-8-17)9-14-20-12-3-4-13-20/h5-8H,1-4,9-14H2. The fraction of sp³-hybridized carbons (Fsp3) is 0.611. The van der Waals surface area contributed by atoms with Crippen LogP contribution in [0.3, 0.4) is 0 Å². The number of likely N-dealkylation sites (tertiary alicyclic amines) is 1. The summed E-state index contributed by atoms with van der Waals surface area (Å²) in [4.78, 5) is 17.5. The maximum atomic E-state index is 10.8. The Kier molecular flexibility index (Phi) is 4.52. The number of hydrogen-bond donors (Lipinski definition) is 0. The van der Waals surface area contributed by atoms with Gasteiger partial charge in [0.2, 0.25) is 6.08 Å². The zero-order valence-electron chi connectivity index (χ0n) is 12.7. The molecular formula is C18H24N2O. The minimum Gasteiger partial charge on any atom is -0.303 e. The first-order valence-corrected chi connectivity index (χ1v) is 8.23. The van der Waals surface area contributed by atoms with Crippen LogP contribution in [0, 0.1) is 0 Å². The molecule has 0 amide bonds. The van der Waals surface area contributed by atoms with Gasteiger partial charge in [-0.3, -0.25) is 0 Å². The minimum atomic E-state index is -0.283. The summed E-state index contributed by atoms with van der Waals surface area (Å²) in [5, 5.41) is 0. The molecule has 2 fully saturated rings. The Bertz CT molecular complexity index is 505. The molecule has 1 heterocycles. The molecule has 1 aromatic rings. The molecule has 1 saturated heterocycles. The summed E-state index contributed by atoms with van der Waals surface area (Å²) in [7, 11) is 0. The van der Waals surface area contributed by atoms with Gasteiger partial charge in [-0.05, 0) is 56.3 Å². The Hall–Kier alpha value is -1.44. The maximum absolute atomic E-state index is 10.8. The third kappa shape index (κ3) is 3.25. The fourth-order valence-electron chi connectivity index (χ4n) is 3.79. The van der Waals surface area contributed by atoms with Gasteiger partial charge in [-0.1, -0.05) is 37.1 Å². The van der Waals surface area contributed by atoms with E-state index in [2.05, 4.69) is 34.2 Å². The van der Waals surface area contributed by atoms with Crippen LogP contribution in [0.2, 0.25) is 0 Å². The molecule has 0 spiro atoms. The van der Waals surface area contributed by atoms with Gasteiger partial charge in [0.25, 0.3) is 0 Å². The van der Waals surface area contributed by atoms with E-state index in [-0.39, 0.29) is 5.54 Å². The number of aliphatic imine (C=N–C) groups is 1. The van der Waals surface area contributed by atoms with E-state index in [4.69, 9.17) is 0 Å². The average molecular weight is 284 g/mol. The molecule has 0 aromatic heterocycles. The zero-order valence-corrected chi connectivity index (χ0v) is 12.7. The third-order valence-corrected chi connectivity index (χ3v) is 5.10. The normalized spacial score (nSPS) is 21.3. The first-order valence-electron chi connectivity index (χ1n) is 8.23. The summed E-state index contributed by atoms with van der Waals surface area (Å²) in [5.41, 5.74) is 2.29. The predicted octanol–water partition coefficient (Wildman–Crippen LogP) is 3.43. The first-order chi connectivity index (χ1) is 10.3. The molecule has 1 saturated carbocycles. The molecule has 0 N–H and O–H groups in total. The van der Waals surface area contributed by atoms with Gasteiger partial charge in [-0.2, -0.15) is 4.99 Å². The van der Waals surface area contributed by atoms with E-state index < -0.39 is 0 Å². The second kappa shape index (κ2) is 6.55. The highest BCUT2D eigenvalue weighted by Gasteiger charge is 2.35. The number of carbonyl (C=O) groups excluding carboxylic acids is 1. The summed E-state index contributed by atoms with van der Waals surface area (Å²) in [5.74, 6) is 0. The SMILES string of the molecule is O=C=NC1(c2ccc(CCN3CCCC3)cc2)CCCC1. The highest BCUT2D eigenvalue weighted by Crippen LogP contribution is 2.42. The van der Waals surface area contributed by atoms with Gasteiger partial charge in [0.1, 0.15) is 0 Å². The van der Waals surface area contributed by atoms with Crippen LogP contribution in [0.5, 0.6) is 0 Å². The largest absolute Gasteiger partial charge is 0.303 e. The quantitative estimate of drug-likeness (QED) is 0.613. The molecule has 0 atom stereocenters. The summed E-state index contributed by atoms with van der Waals surface area (Å²) >= 11 is 0. The Labute approximate surface area is 127 Å². The second-order valence-corrected chi connectivity index (χ2v) is 6.44. The van der Waals surface area contributed by atoms with Crippen LogP contribution in [0.15, 0.2) is 29.3 Å². The van der Waals surface area contributed by atoms with Crippen molar-refractivity contribution in [3.8, 4) is 0 Å². The first kappa shape index (κ1) is 14.5. The number of isocyanates is 1. The number of rotatable bonds is 5. The topological polar surface area (TPSA) is 32.7 Å². The van der Waals surface area contributed by atoms with E-state index >= 15 is 0 Å². The highest BCUT2D eigenvalue weighted by atomic mass is 16.1. The van der Waals surface area contributed by atoms with Crippen LogP contribution >= 0.6 is 0 Å². The molecule has 1 aromatic carbocycles. The van der Waals surface area contributed by atoms with Gasteiger partial charge in [-0.25, -0.2) is 4.79 Å². The van der Waals surface area contributed by atoms with Crippen LogP contribution in [-0.4, -0.2) is 30.6 Å². The lowest BCUT2D eigenvalue weighted by Gasteiger charge is -2.23. The van der Waals surface area contributed by atoms with Crippen molar-refractivity contribution in [2.24, 2.45) is 4.99 Å². The van der Waals surface area contributed by atoms with Crippen molar-refractivity contribution in [2.75, 3.05) is 19.6 Å². The summed E-state index contributed by atoms with van der Waals surface area (Å²) < 4.78 is 0. The molecule has 1 aliphatic heterocycles. The molecular weight excluding hydrogens is 260 g/mol. The molecule has 0 unspecified atom stereocenters. The molecule has 3 heteroatoms. The number of nitrogens with zero attached hydrogens (tertiary/aromatic N) is 2. The van der Waals surface area contributed by atoms with Crippen molar-refractivity contribution < 1.29 is 4.79 Å². The van der Waals surface area contributed by atoms with Crippen LogP contribution in [0.4, 0.5) is 0 Å². The fourth-order valence-corrected chi connectivity index (χ4v) is 3.79. The molecule has 1 aliphatic carbocycles. The molecule has 0 radical (unpaired) electrons. The summed E-state index contributed by atoms with van der Waals surface area (Å²) in [6, 6.07) is 8.77. The maximum Gasteiger partial charge on any atom is 0.235 e. The van der Waals surface area contributed by atoms with Crippen LogP contribution in [0.25, 0.3) is 0 Å². The third-order valence-electron chi connectivity index (χ3n) is 5.10. The predicted molar refractivity (Wildman–Crippen MR) is 84.1 cm³/mol. The van der Waals surface area contributed by atoms with E-state index in [0.29, 0.717) is 0 Å². The Morgan fingerprint density at radius 3 is 2.33 bits per heavy atom. The van der Waals surface area contributed by atoms with Gasteiger partial charge in [-0.15, -0.1) is 0 Å². The van der Waals surface area contributed by atoms with E-state index in [9.17, 15) is 4.79 Å². The molecule has 3 rings (SSSR count). The molecule has 112 valence electrons. The molecule has 0 bridgehead atoms. The smallest absolute Gasteiger partial charge is 0.235 e. The monoisotopic (exact) mass is 284 g/mol. The lowest BCUT2D eigenvalue weighted by molar-refractivity contribution is 0.343. The average Bonchev–Trinajstić information content (AvgIpc) is 3.18. The van der Waals surface area contributed by atoms with Gasteiger partial charge in [0, 0.05) is 6.54 Å². The van der Waals surface area contributed by atoms with E-state index in [1.165, 1.54) is 37.1 Å². The van der Waals surface area contributed by atoms with Gasteiger partial charge >= 0.3 is 0 Å². The van der Waals surface area contributed by atoms with Crippen molar-refractivity contribution in [3.63, 3.8) is 0 Å². The van der Waals surface area contributed by atoms with Gasteiger partial charge in [0.15, 0.2) is 0 Å². The van der Waals surface area contributed by atoms with Crippen molar-refractivity contribution in [2.45, 2.75) is 50.5 Å². The van der Waals surface area contributed by atoms with Crippen LogP contribution in [0.1, 0.15) is 49.7 Å². The molecule has 3 nitrogen and oxygen atoms in total. The van der Waals surface area contributed by atoms with Gasteiger partial charge in [0.05, 0.1) is 5.54 Å². The molecule has 21 heavy (non-hydrogen) atoms. The minimum absolute atomic E-state index is 0.283. The van der Waals surface area contributed by atoms with Crippen molar-refractivity contribution >= 4 is 6.08 Å². The molecule has 2 aliphatic rings.